The molecule has 1 aromatic heterocycles. The van der Waals surface area contributed by atoms with E-state index < -0.39 is 0 Å². The minimum absolute atomic E-state index is 0.0561. The Morgan fingerprint density at radius 2 is 1.96 bits per heavy atom. The number of carbonyl (C=O) groups is 2. The Balaban J connectivity index is 1.76. The molecule has 0 atom stereocenters. The molecule has 0 saturated heterocycles. The van der Waals surface area contributed by atoms with Gasteiger partial charge in [0, 0.05) is 17.3 Å². The molecule has 1 fully saturated rings. The molecule has 0 spiro atoms. The predicted molar refractivity (Wildman–Crippen MR) is 104 cm³/mol. The van der Waals surface area contributed by atoms with Crippen molar-refractivity contribution in [3.63, 3.8) is 0 Å². The van der Waals surface area contributed by atoms with Crippen LogP contribution in [0.25, 0.3) is 0 Å². The zero-order valence-electron chi connectivity index (χ0n) is 16.0. The first-order valence-corrected chi connectivity index (χ1v) is 9.04. The second kappa shape index (κ2) is 7.34. The molecule has 1 N–H and O–H groups in total. The van der Waals surface area contributed by atoms with Crippen LogP contribution >= 0.6 is 0 Å². The van der Waals surface area contributed by atoms with Crippen LogP contribution in [0.2, 0.25) is 0 Å². The van der Waals surface area contributed by atoms with Crippen molar-refractivity contribution in [2.45, 2.75) is 45.7 Å². The van der Waals surface area contributed by atoms with Gasteiger partial charge < -0.3 is 10.2 Å². The van der Waals surface area contributed by atoms with E-state index in [1.807, 2.05) is 27.0 Å². The Bertz CT molecular complexity index is 844. The molecule has 142 valence electrons. The number of carbonyl (C=O) groups excluding carboxylic acids is 2. The highest BCUT2D eigenvalue weighted by molar-refractivity contribution is 6.01. The van der Waals surface area contributed by atoms with Crippen LogP contribution in [0, 0.1) is 5.92 Å². The largest absolute Gasteiger partial charge is 0.326 e. The number of hydrogen-bond donors (Lipinski definition) is 1. The summed E-state index contributed by atoms with van der Waals surface area (Å²) in [4.78, 5) is 25.8. The Labute approximate surface area is 159 Å². The smallest absolute Gasteiger partial charge is 0.250 e. The predicted octanol–water partition coefficient (Wildman–Crippen LogP) is 3.10. The minimum Gasteiger partial charge on any atom is -0.326 e. The highest BCUT2D eigenvalue weighted by atomic mass is 16.2. The molecular formula is C20H25N5O2. The van der Waals surface area contributed by atoms with E-state index in [-0.39, 0.29) is 29.8 Å². The standard InChI is InChI=1S/C20H25N5O2/c1-5-18(26)24(12-16-13-25(23-22-16)20(2,3)4)17-10-8-15(9-11-17)21-19(27)14-6-7-14/h5,8-11,13-14H,1,6-7,12H2,2-4H3,(H,21,27). The second-order valence-electron chi connectivity index (χ2n) is 7.76. The quantitative estimate of drug-likeness (QED) is 0.796. The molecule has 1 aromatic carbocycles. The minimum atomic E-state index is -0.227. The van der Waals surface area contributed by atoms with Crippen molar-refractivity contribution in [2.24, 2.45) is 5.92 Å². The lowest BCUT2D eigenvalue weighted by Crippen LogP contribution is -2.28. The van der Waals surface area contributed by atoms with Crippen LogP contribution in [0.4, 0.5) is 11.4 Å². The molecule has 0 aliphatic heterocycles. The van der Waals surface area contributed by atoms with Crippen LogP contribution in [0.3, 0.4) is 0 Å². The molecule has 0 unspecified atom stereocenters. The molecule has 1 heterocycles. The number of aromatic nitrogens is 3. The van der Waals surface area contributed by atoms with Gasteiger partial charge in [-0.05, 0) is 64.0 Å². The summed E-state index contributed by atoms with van der Waals surface area (Å²) in [5.41, 5.74) is 1.93. The fraction of sp³-hybridized carbons (Fsp3) is 0.400. The van der Waals surface area contributed by atoms with E-state index >= 15 is 0 Å². The van der Waals surface area contributed by atoms with Gasteiger partial charge in [0.2, 0.25) is 5.91 Å². The van der Waals surface area contributed by atoms with Gasteiger partial charge in [0.25, 0.3) is 5.91 Å². The SMILES string of the molecule is C=CC(=O)N(Cc1cn(C(C)(C)C)nn1)c1ccc(NC(=O)C2CC2)cc1. The summed E-state index contributed by atoms with van der Waals surface area (Å²) in [7, 11) is 0. The maximum absolute atomic E-state index is 12.4. The summed E-state index contributed by atoms with van der Waals surface area (Å²) < 4.78 is 1.77. The third kappa shape index (κ3) is 4.61. The molecule has 3 rings (SSSR count). The molecule has 1 aliphatic carbocycles. The van der Waals surface area contributed by atoms with Crippen LogP contribution in [0.15, 0.2) is 43.1 Å². The number of nitrogens with zero attached hydrogens (tertiary/aromatic N) is 4. The molecule has 1 aliphatic rings. The normalized spacial score (nSPS) is 13.9. The van der Waals surface area contributed by atoms with Crippen molar-refractivity contribution >= 4 is 23.2 Å². The van der Waals surface area contributed by atoms with Gasteiger partial charge in [0.1, 0.15) is 5.69 Å². The number of nitrogens with one attached hydrogen (secondary N) is 1. The summed E-state index contributed by atoms with van der Waals surface area (Å²) >= 11 is 0. The summed E-state index contributed by atoms with van der Waals surface area (Å²) in [6.07, 6.45) is 5.03. The van der Waals surface area contributed by atoms with Gasteiger partial charge in [-0.25, -0.2) is 4.68 Å². The molecule has 7 heteroatoms. The van der Waals surface area contributed by atoms with Crippen molar-refractivity contribution < 1.29 is 9.59 Å². The van der Waals surface area contributed by atoms with E-state index in [1.165, 1.54) is 6.08 Å². The van der Waals surface area contributed by atoms with E-state index in [0.717, 1.165) is 18.5 Å². The van der Waals surface area contributed by atoms with E-state index in [2.05, 4.69) is 22.2 Å². The number of hydrogen-bond acceptors (Lipinski definition) is 4. The van der Waals surface area contributed by atoms with Gasteiger partial charge in [0.05, 0.1) is 18.3 Å². The fourth-order valence-electron chi connectivity index (χ4n) is 2.58. The van der Waals surface area contributed by atoms with Crippen LogP contribution < -0.4 is 10.2 Å². The van der Waals surface area contributed by atoms with Crippen molar-refractivity contribution in [3.8, 4) is 0 Å². The maximum Gasteiger partial charge on any atom is 0.250 e. The Morgan fingerprint density at radius 3 is 2.48 bits per heavy atom. The third-order valence-corrected chi connectivity index (χ3v) is 4.38. The number of anilines is 2. The summed E-state index contributed by atoms with van der Waals surface area (Å²) in [6, 6.07) is 7.20. The van der Waals surface area contributed by atoms with Crippen molar-refractivity contribution in [2.75, 3.05) is 10.2 Å². The first-order chi connectivity index (χ1) is 12.8. The van der Waals surface area contributed by atoms with E-state index in [1.54, 1.807) is 33.8 Å². The first kappa shape index (κ1) is 18.8. The Kier molecular flexibility index (Phi) is 5.12. The second-order valence-corrected chi connectivity index (χ2v) is 7.76. The summed E-state index contributed by atoms with van der Waals surface area (Å²) in [6.45, 7) is 9.98. The number of rotatable bonds is 6. The average Bonchev–Trinajstić information content (AvgIpc) is 3.37. The third-order valence-electron chi connectivity index (χ3n) is 4.38. The summed E-state index contributed by atoms with van der Waals surface area (Å²) in [5, 5.41) is 11.2. The van der Waals surface area contributed by atoms with Crippen LogP contribution in [-0.4, -0.2) is 26.8 Å². The van der Waals surface area contributed by atoms with Gasteiger partial charge in [-0.15, -0.1) is 5.10 Å². The molecule has 1 saturated carbocycles. The van der Waals surface area contributed by atoms with Crippen molar-refractivity contribution in [3.05, 3.63) is 48.8 Å². The van der Waals surface area contributed by atoms with Gasteiger partial charge in [-0.2, -0.15) is 0 Å². The van der Waals surface area contributed by atoms with Gasteiger partial charge >= 0.3 is 0 Å². The van der Waals surface area contributed by atoms with Crippen molar-refractivity contribution in [1.29, 1.82) is 0 Å². The zero-order chi connectivity index (χ0) is 19.6. The lowest BCUT2D eigenvalue weighted by atomic mass is 10.1. The highest BCUT2D eigenvalue weighted by Gasteiger charge is 2.29. The summed E-state index contributed by atoms with van der Waals surface area (Å²) in [5.74, 6) is -0.0235. The Hall–Kier alpha value is -2.96. The molecule has 2 amide bonds. The monoisotopic (exact) mass is 367 g/mol. The number of benzene rings is 1. The lowest BCUT2D eigenvalue weighted by molar-refractivity contribution is -0.117. The van der Waals surface area contributed by atoms with E-state index in [9.17, 15) is 9.59 Å². The molecule has 7 nitrogen and oxygen atoms in total. The van der Waals surface area contributed by atoms with Crippen molar-refractivity contribution in [1.82, 2.24) is 15.0 Å². The van der Waals surface area contributed by atoms with Crippen LogP contribution in [0.5, 0.6) is 0 Å². The molecule has 0 bridgehead atoms. The number of amides is 2. The lowest BCUT2D eigenvalue weighted by Gasteiger charge is -2.21. The molecule has 2 aromatic rings. The molecule has 0 radical (unpaired) electrons. The van der Waals surface area contributed by atoms with E-state index in [0.29, 0.717) is 11.4 Å². The fourth-order valence-corrected chi connectivity index (χ4v) is 2.58. The zero-order valence-corrected chi connectivity index (χ0v) is 16.0. The Morgan fingerprint density at radius 1 is 1.30 bits per heavy atom. The highest BCUT2D eigenvalue weighted by Crippen LogP contribution is 2.30. The average molecular weight is 367 g/mol. The van der Waals surface area contributed by atoms with Gasteiger partial charge in [-0.3, -0.25) is 9.59 Å². The van der Waals surface area contributed by atoms with Gasteiger partial charge in [-0.1, -0.05) is 11.8 Å². The maximum atomic E-state index is 12.4. The van der Waals surface area contributed by atoms with E-state index in [4.69, 9.17) is 0 Å². The van der Waals surface area contributed by atoms with Crippen LogP contribution in [-0.2, 0) is 21.7 Å². The molecular weight excluding hydrogens is 342 g/mol. The first-order valence-electron chi connectivity index (χ1n) is 9.04. The molecule has 27 heavy (non-hydrogen) atoms. The van der Waals surface area contributed by atoms with Crippen LogP contribution in [0.1, 0.15) is 39.3 Å². The topological polar surface area (TPSA) is 80.1 Å². The van der Waals surface area contributed by atoms with Gasteiger partial charge in [0.15, 0.2) is 0 Å².